The van der Waals surface area contributed by atoms with E-state index >= 15 is 0 Å². The Balaban J connectivity index is 1.52. The molecule has 1 amide bonds. The minimum Gasteiger partial charge on any atom is -0.336 e. The van der Waals surface area contributed by atoms with Gasteiger partial charge >= 0.3 is 0 Å². The van der Waals surface area contributed by atoms with Crippen LogP contribution in [-0.2, 0) is 10.0 Å². The minimum absolute atomic E-state index is 0.00588. The summed E-state index contributed by atoms with van der Waals surface area (Å²) >= 11 is 0. The van der Waals surface area contributed by atoms with Crippen molar-refractivity contribution < 1.29 is 31.2 Å². The molecule has 0 N–H and O–H groups in total. The van der Waals surface area contributed by atoms with E-state index in [0.717, 1.165) is 28.6 Å². The third-order valence-electron chi connectivity index (χ3n) is 5.55. The predicted octanol–water partition coefficient (Wildman–Crippen LogP) is 3.48. The first-order valence-electron chi connectivity index (χ1n) is 10.3. The first kappa shape index (κ1) is 23.7. The van der Waals surface area contributed by atoms with Gasteiger partial charge in [0.15, 0.2) is 5.78 Å². The average Bonchev–Trinajstić information content (AvgIpc) is 2.85. The lowest BCUT2D eigenvalue weighted by molar-refractivity contribution is 0.0694. The number of hydrogen-bond acceptors (Lipinski definition) is 4. The van der Waals surface area contributed by atoms with Gasteiger partial charge in [-0.25, -0.2) is 21.6 Å². The summed E-state index contributed by atoms with van der Waals surface area (Å²) in [6.07, 6.45) is 0. The van der Waals surface area contributed by atoms with Gasteiger partial charge in [-0.1, -0.05) is 18.2 Å². The van der Waals surface area contributed by atoms with Crippen molar-refractivity contribution in [2.24, 2.45) is 0 Å². The molecule has 0 radical (unpaired) electrons. The molecule has 34 heavy (non-hydrogen) atoms. The lowest BCUT2D eigenvalue weighted by atomic mass is 9.97. The summed E-state index contributed by atoms with van der Waals surface area (Å²) in [5.41, 5.74) is 0.481. The molecule has 1 heterocycles. The molecule has 0 spiro atoms. The van der Waals surface area contributed by atoms with E-state index in [2.05, 4.69) is 0 Å². The molecule has 176 valence electrons. The maximum Gasteiger partial charge on any atom is 0.254 e. The Morgan fingerprint density at radius 3 is 1.97 bits per heavy atom. The fourth-order valence-corrected chi connectivity index (χ4v) is 5.24. The van der Waals surface area contributed by atoms with E-state index in [0.29, 0.717) is 6.07 Å². The highest BCUT2D eigenvalue weighted by Gasteiger charge is 2.33. The molecule has 10 heteroatoms. The van der Waals surface area contributed by atoms with E-state index in [-0.39, 0.29) is 42.9 Å². The van der Waals surface area contributed by atoms with Gasteiger partial charge in [0.2, 0.25) is 10.0 Å². The number of piperazine rings is 1. The van der Waals surface area contributed by atoms with Crippen molar-refractivity contribution in [1.82, 2.24) is 9.21 Å². The normalized spacial score (nSPS) is 14.7. The van der Waals surface area contributed by atoms with E-state index in [9.17, 15) is 31.2 Å². The highest BCUT2D eigenvalue weighted by molar-refractivity contribution is 7.89. The molecule has 0 unspecified atom stereocenters. The maximum atomic E-state index is 14.0. The van der Waals surface area contributed by atoms with E-state index in [4.69, 9.17) is 0 Å². The number of benzene rings is 3. The van der Waals surface area contributed by atoms with Gasteiger partial charge in [0.25, 0.3) is 5.91 Å². The molecule has 1 saturated heterocycles. The largest absolute Gasteiger partial charge is 0.336 e. The molecule has 0 bridgehead atoms. The Morgan fingerprint density at radius 2 is 1.32 bits per heavy atom. The van der Waals surface area contributed by atoms with Gasteiger partial charge in [-0.3, -0.25) is 9.59 Å². The van der Waals surface area contributed by atoms with Gasteiger partial charge in [0, 0.05) is 37.3 Å². The summed E-state index contributed by atoms with van der Waals surface area (Å²) in [6, 6.07) is 13.3. The SMILES string of the molecule is O=C(c1ccc(F)cc1)c1ccccc1C(=O)N1CCN(S(=O)(=O)c2cc(F)ccc2F)CC1. The van der Waals surface area contributed by atoms with Crippen molar-refractivity contribution >= 4 is 21.7 Å². The molecule has 0 saturated carbocycles. The van der Waals surface area contributed by atoms with Crippen LogP contribution in [0.5, 0.6) is 0 Å². The van der Waals surface area contributed by atoms with Crippen molar-refractivity contribution in [3.8, 4) is 0 Å². The fourth-order valence-electron chi connectivity index (χ4n) is 3.74. The second-order valence-electron chi connectivity index (χ2n) is 7.65. The molecule has 1 aliphatic heterocycles. The molecular weight excluding hydrogens is 469 g/mol. The van der Waals surface area contributed by atoms with Gasteiger partial charge in [0.1, 0.15) is 22.3 Å². The summed E-state index contributed by atoms with van der Waals surface area (Å²) in [5, 5.41) is 0. The quantitative estimate of drug-likeness (QED) is 0.516. The molecule has 0 aromatic heterocycles. The van der Waals surface area contributed by atoms with Crippen LogP contribution in [0.15, 0.2) is 71.6 Å². The zero-order valence-electron chi connectivity index (χ0n) is 17.7. The van der Waals surface area contributed by atoms with Gasteiger partial charge in [-0.15, -0.1) is 0 Å². The van der Waals surface area contributed by atoms with Crippen LogP contribution >= 0.6 is 0 Å². The second kappa shape index (κ2) is 9.40. The number of carbonyl (C=O) groups is 2. The lowest BCUT2D eigenvalue weighted by Crippen LogP contribution is -2.50. The van der Waals surface area contributed by atoms with Crippen LogP contribution < -0.4 is 0 Å². The Morgan fingerprint density at radius 1 is 0.735 bits per heavy atom. The standard InChI is InChI=1S/C24H19F3N2O4S/c25-17-7-5-16(6-8-17)23(30)19-3-1-2-4-20(19)24(31)28-11-13-29(14-12-28)34(32,33)22-15-18(26)9-10-21(22)27/h1-10,15H,11-14H2. The van der Waals surface area contributed by atoms with E-state index in [1.165, 1.54) is 29.2 Å². The molecule has 0 atom stereocenters. The molecular formula is C24H19F3N2O4S. The van der Waals surface area contributed by atoms with Crippen molar-refractivity contribution in [3.63, 3.8) is 0 Å². The summed E-state index contributed by atoms with van der Waals surface area (Å²) in [6.45, 7) is -0.266. The maximum absolute atomic E-state index is 14.0. The fraction of sp³-hybridized carbons (Fsp3) is 0.167. The smallest absolute Gasteiger partial charge is 0.254 e. The van der Waals surface area contributed by atoms with E-state index in [1.54, 1.807) is 12.1 Å². The average molecular weight is 488 g/mol. The van der Waals surface area contributed by atoms with Crippen LogP contribution in [0, 0.1) is 17.5 Å². The van der Waals surface area contributed by atoms with Crippen LogP contribution in [-0.4, -0.2) is 55.5 Å². The molecule has 3 aromatic rings. The number of rotatable bonds is 5. The number of nitrogens with zero attached hydrogens (tertiary/aromatic N) is 2. The Labute approximate surface area is 194 Å². The summed E-state index contributed by atoms with van der Waals surface area (Å²) in [5.74, 6) is -3.36. The zero-order valence-corrected chi connectivity index (χ0v) is 18.6. The van der Waals surface area contributed by atoms with Crippen molar-refractivity contribution in [3.05, 3.63) is 101 Å². The van der Waals surface area contributed by atoms with Gasteiger partial charge in [-0.05, 0) is 48.5 Å². The third kappa shape index (κ3) is 4.59. The lowest BCUT2D eigenvalue weighted by Gasteiger charge is -2.34. The van der Waals surface area contributed by atoms with Crippen LogP contribution in [0.4, 0.5) is 13.2 Å². The summed E-state index contributed by atoms with van der Waals surface area (Å²) in [7, 11) is -4.29. The minimum atomic E-state index is -4.29. The van der Waals surface area contributed by atoms with E-state index < -0.39 is 44.1 Å². The van der Waals surface area contributed by atoms with E-state index in [1.807, 2.05) is 0 Å². The number of sulfonamides is 1. The predicted molar refractivity (Wildman–Crippen MR) is 117 cm³/mol. The second-order valence-corrected chi connectivity index (χ2v) is 9.56. The van der Waals surface area contributed by atoms with Crippen LogP contribution in [0.25, 0.3) is 0 Å². The Hall–Kier alpha value is -3.50. The number of hydrogen-bond donors (Lipinski definition) is 0. The Bertz CT molecular complexity index is 1350. The third-order valence-corrected chi connectivity index (χ3v) is 7.46. The van der Waals surface area contributed by atoms with Crippen molar-refractivity contribution in [2.45, 2.75) is 4.90 Å². The summed E-state index contributed by atoms with van der Waals surface area (Å²) in [4.78, 5) is 26.7. The number of carbonyl (C=O) groups excluding carboxylic acids is 2. The molecule has 3 aromatic carbocycles. The molecule has 0 aliphatic carbocycles. The monoisotopic (exact) mass is 488 g/mol. The topological polar surface area (TPSA) is 74.8 Å². The molecule has 6 nitrogen and oxygen atoms in total. The summed E-state index contributed by atoms with van der Waals surface area (Å²) < 4.78 is 67.3. The molecule has 1 aliphatic rings. The van der Waals surface area contributed by atoms with Gasteiger partial charge in [0.05, 0.1) is 5.56 Å². The molecule has 1 fully saturated rings. The number of ketones is 1. The first-order valence-corrected chi connectivity index (χ1v) is 11.8. The van der Waals surface area contributed by atoms with Crippen molar-refractivity contribution in [1.29, 1.82) is 0 Å². The highest BCUT2D eigenvalue weighted by Crippen LogP contribution is 2.23. The van der Waals surface area contributed by atoms with Crippen LogP contribution in [0.1, 0.15) is 26.3 Å². The van der Waals surface area contributed by atoms with Crippen molar-refractivity contribution in [2.75, 3.05) is 26.2 Å². The highest BCUT2D eigenvalue weighted by atomic mass is 32.2. The van der Waals surface area contributed by atoms with Gasteiger partial charge < -0.3 is 4.90 Å². The number of amides is 1. The van der Waals surface area contributed by atoms with Crippen LogP contribution in [0.2, 0.25) is 0 Å². The Kier molecular flexibility index (Phi) is 6.54. The van der Waals surface area contributed by atoms with Crippen LogP contribution in [0.3, 0.4) is 0 Å². The molecule has 4 rings (SSSR count). The zero-order chi connectivity index (χ0) is 24.5. The van der Waals surface area contributed by atoms with Gasteiger partial charge in [-0.2, -0.15) is 4.31 Å². The number of halogens is 3. The first-order chi connectivity index (χ1) is 16.2.